The van der Waals surface area contributed by atoms with Crippen LogP contribution in [-0.4, -0.2) is 46.8 Å². The van der Waals surface area contributed by atoms with Crippen LogP contribution < -0.4 is 10.6 Å². The number of carbonyl (C=O) groups is 1. The van der Waals surface area contributed by atoms with Crippen molar-refractivity contribution in [1.29, 1.82) is 0 Å². The number of pyridine rings is 1. The zero-order chi connectivity index (χ0) is 15.8. The second kappa shape index (κ2) is 5.60. The maximum absolute atomic E-state index is 11.4. The lowest BCUT2D eigenvalue weighted by Gasteiger charge is -2.47. The minimum atomic E-state index is -0.886. The summed E-state index contributed by atoms with van der Waals surface area (Å²) in [7, 11) is 0. The van der Waals surface area contributed by atoms with E-state index in [0.717, 1.165) is 5.69 Å². The summed E-state index contributed by atoms with van der Waals surface area (Å²) in [6, 6.07) is -0.132. The highest BCUT2D eigenvalue weighted by molar-refractivity contribution is 6.33. The van der Waals surface area contributed by atoms with Gasteiger partial charge < -0.3 is 20.6 Å². The van der Waals surface area contributed by atoms with Crippen LogP contribution in [0.2, 0.25) is 5.02 Å². The molecular weight excluding hydrogens is 292 g/mol. The number of hydrogen-bond donors (Lipinski definition) is 2. The molecule has 21 heavy (non-hydrogen) atoms. The molecule has 0 aromatic carbocycles. The van der Waals surface area contributed by atoms with Gasteiger partial charge in [0.15, 0.2) is 0 Å². The van der Waals surface area contributed by atoms with Gasteiger partial charge in [0.05, 0.1) is 28.6 Å². The molecule has 2 heterocycles. The molecule has 1 atom stereocenters. The van der Waals surface area contributed by atoms with Gasteiger partial charge >= 0.3 is 6.09 Å². The fourth-order valence-electron chi connectivity index (χ4n) is 2.73. The fraction of sp³-hybridized carbons (Fsp3) is 0.571. The van der Waals surface area contributed by atoms with Gasteiger partial charge in [-0.2, -0.15) is 0 Å². The summed E-state index contributed by atoms with van der Waals surface area (Å²) in [5.41, 5.74) is 7.06. The summed E-state index contributed by atoms with van der Waals surface area (Å²) >= 11 is 6.21. The second-order valence-corrected chi connectivity index (χ2v) is 6.77. The van der Waals surface area contributed by atoms with Gasteiger partial charge in [-0.3, -0.25) is 4.98 Å². The van der Waals surface area contributed by atoms with Gasteiger partial charge in [0.1, 0.15) is 0 Å². The van der Waals surface area contributed by atoms with Crippen molar-refractivity contribution in [3.05, 3.63) is 17.4 Å². The number of aromatic nitrogens is 1. The van der Waals surface area contributed by atoms with E-state index < -0.39 is 6.09 Å². The Morgan fingerprint density at radius 3 is 2.62 bits per heavy atom. The maximum Gasteiger partial charge on any atom is 0.407 e. The van der Waals surface area contributed by atoms with Gasteiger partial charge in [0, 0.05) is 25.8 Å². The van der Waals surface area contributed by atoms with Gasteiger partial charge in [0.25, 0.3) is 0 Å². The van der Waals surface area contributed by atoms with Crippen molar-refractivity contribution in [3.63, 3.8) is 0 Å². The lowest BCUT2D eigenvalue weighted by atomic mass is 9.84. The summed E-state index contributed by atoms with van der Waals surface area (Å²) in [6.45, 7) is 7.66. The molecule has 1 aliphatic rings. The molecule has 0 saturated carbocycles. The molecule has 0 aliphatic carbocycles. The number of nitrogen functional groups attached to an aromatic ring is 1. The first kappa shape index (κ1) is 15.7. The number of nitrogens with two attached hydrogens (primary N) is 1. The Morgan fingerprint density at radius 1 is 1.43 bits per heavy atom. The first-order valence-electron chi connectivity index (χ1n) is 6.85. The normalized spacial score (nSPS) is 19.7. The molecule has 116 valence electrons. The Bertz CT molecular complexity index is 524. The van der Waals surface area contributed by atoms with Crippen LogP contribution >= 0.6 is 11.6 Å². The summed E-state index contributed by atoms with van der Waals surface area (Å²) in [5.74, 6) is 0. The zero-order valence-corrected chi connectivity index (χ0v) is 13.3. The molecule has 0 bridgehead atoms. The van der Waals surface area contributed by atoms with Crippen molar-refractivity contribution in [1.82, 2.24) is 9.88 Å². The van der Waals surface area contributed by atoms with E-state index in [9.17, 15) is 9.90 Å². The number of anilines is 2. The number of carboxylic acid groups (broad SMARTS) is 1. The highest BCUT2D eigenvalue weighted by Gasteiger charge is 2.38. The third-order valence-corrected chi connectivity index (χ3v) is 4.12. The topological polar surface area (TPSA) is 82.7 Å². The lowest BCUT2D eigenvalue weighted by molar-refractivity contribution is 0.0749. The monoisotopic (exact) mass is 312 g/mol. The van der Waals surface area contributed by atoms with E-state index in [1.54, 1.807) is 12.4 Å². The molecule has 1 unspecified atom stereocenters. The summed E-state index contributed by atoms with van der Waals surface area (Å²) in [4.78, 5) is 18.9. The molecular formula is C14H21ClN4O2. The van der Waals surface area contributed by atoms with Gasteiger partial charge in [-0.1, -0.05) is 32.4 Å². The molecule has 2 rings (SSSR count). The molecule has 1 fully saturated rings. The lowest BCUT2D eigenvalue weighted by Crippen LogP contribution is -2.59. The summed E-state index contributed by atoms with van der Waals surface area (Å²) in [5, 5.41) is 9.88. The Morgan fingerprint density at radius 2 is 2.10 bits per heavy atom. The minimum Gasteiger partial charge on any atom is -0.465 e. The van der Waals surface area contributed by atoms with Crippen LogP contribution in [0.5, 0.6) is 0 Å². The van der Waals surface area contributed by atoms with Crippen molar-refractivity contribution < 1.29 is 9.90 Å². The van der Waals surface area contributed by atoms with E-state index in [0.29, 0.717) is 30.3 Å². The van der Waals surface area contributed by atoms with E-state index >= 15 is 0 Å². The largest absolute Gasteiger partial charge is 0.465 e. The number of hydrogen-bond acceptors (Lipinski definition) is 4. The number of halogens is 1. The van der Waals surface area contributed by atoms with Crippen molar-refractivity contribution in [2.75, 3.05) is 30.3 Å². The third kappa shape index (κ3) is 3.15. The van der Waals surface area contributed by atoms with E-state index in [1.165, 1.54) is 4.90 Å². The van der Waals surface area contributed by atoms with Gasteiger partial charge in [-0.05, 0) is 5.41 Å². The van der Waals surface area contributed by atoms with Gasteiger partial charge in [-0.25, -0.2) is 4.79 Å². The molecule has 7 heteroatoms. The summed E-state index contributed by atoms with van der Waals surface area (Å²) < 4.78 is 0. The number of amides is 1. The SMILES string of the molecule is CC(C)(C)C1CN(c2c(N)cncc2Cl)CCN1C(=O)O. The predicted molar refractivity (Wildman–Crippen MR) is 83.8 cm³/mol. The maximum atomic E-state index is 11.4. The molecule has 1 aliphatic heterocycles. The third-order valence-electron chi connectivity index (χ3n) is 3.84. The van der Waals surface area contributed by atoms with Crippen molar-refractivity contribution in [3.8, 4) is 0 Å². The van der Waals surface area contributed by atoms with Crippen LogP contribution in [0.3, 0.4) is 0 Å². The average molecular weight is 313 g/mol. The molecule has 1 saturated heterocycles. The number of piperazine rings is 1. The van der Waals surface area contributed by atoms with Crippen LogP contribution in [0.25, 0.3) is 0 Å². The molecule has 0 radical (unpaired) electrons. The Labute approximate surface area is 129 Å². The first-order chi connectivity index (χ1) is 9.71. The van der Waals surface area contributed by atoms with Crippen LogP contribution in [0.1, 0.15) is 20.8 Å². The quantitative estimate of drug-likeness (QED) is 0.832. The zero-order valence-electron chi connectivity index (χ0n) is 12.5. The minimum absolute atomic E-state index is 0.132. The Kier molecular flexibility index (Phi) is 4.18. The van der Waals surface area contributed by atoms with Gasteiger partial charge in [0.2, 0.25) is 0 Å². The van der Waals surface area contributed by atoms with E-state index in [2.05, 4.69) is 9.88 Å². The average Bonchev–Trinajstić information content (AvgIpc) is 2.37. The predicted octanol–water partition coefficient (Wildman–Crippen LogP) is 2.53. The number of rotatable bonds is 1. The number of nitrogens with zero attached hydrogens (tertiary/aromatic N) is 3. The van der Waals surface area contributed by atoms with Crippen LogP contribution in [0, 0.1) is 5.41 Å². The van der Waals surface area contributed by atoms with E-state index in [1.807, 2.05) is 20.8 Å². The standard InChI is InChI=1S/C14H21ClN4O2/c1-14(2,3)11-8-18(4-5-19(11)13(20)21)12-9(15)6-17-7-10(12)16/h6-7,11H,4-5,8,16H2,1-3H3,(H,20,21). The summed E-state index contributed by atoms with van der Waals surface area (Å²) in [6.07, 6.45) is 2.24. The smallest absolute Gasteiger partial charge is 0.407 e. The molecule has 3 N–H and O–H groups in total. The molecule has 0 spiro atoms. The Balaban J connectivity index is 2.32. The van der Waals surface area contributed by atoms with E-state index in [4.69, 9.17) is 17.3 Å². The highest BCUT2D eigenvalue weighted by atomic mass is 35.5. The highest BCUT2D eigenvalue weighted by Crippen LogP contribution is 2.35. The molecule has 1 amide bonds. The molecule has 1 aromatic rings. The van der Waals surface area contributed by atoms with Crippen molar-refractivity contribution in [2.24, 2.45) is 5.41 Å². The van der Waals surface area contributed by atoms with Gasteiger partial charge in [-0.15, -0.1) is 0 Å². The first-order valence-corrected chi connectivity index (χ1v) is 7.23. The van der Waals surface area contributed by atoms with Crippen molar-refractivity contribution in [2.45, 2.75) is 26.8 Å². The molecule has 1 aromatic heterocycles. The van der Waals surface area contributed by atoms with E-state index in [-0.39, 0.29) is 11.5 Å². The van der Waals surface area contributed by atoms with Crippen molar-refractivity contribution >= 4 is 29.1 Å². The fourth-order valence-corrected chi connectivity index (χ4v) is 3.02. The van der Waals surface area contributed by atoms with Crippen LogP contribution in [0.4, 0.5) is 16.2 Å². The van der Waals surface area contributed by atoms with Crippen LogP contribution in [0.15, 0.2) is 12.4 Å². The Hall–Kier alpha value is -1.69. The van der Waals surface area contributed by atoms with Crippen LogP contribution in [-0.2, 0) is 0 Å². The molecule has 6 nitrogen and oxygen atoms in total. The second-order valence-electron chi connectivity index (χ2n) is 6.36.